The Balaban J connectivity index is 1.85. The molecule has 1 heterocycles. The van der Waals surface area contributed by atoms with Crippen molar-refractivity contribution < 1.29 is 14.3 Å². The Hall–Kier alpha value is -2.04. The number of hydrogen-bond acceptors (Lipinski definition) is 3. The second-order valence-corrected chi connectivity index (χ2v) is 8.53. The molecular weight excluding hydrogens is 401 g/mol. The monoisotopic (exact) mass is 418 g/mol. The lowest BCUT2D eigenvalue weighted by Crippen LogP contribution is -2.26. The van der Waals surface area contributed by atoms with E-state index in [1.807, 2.05) is 48.7 Å². The number of nitrogens with one attached hydrogen (secondary N) is 1. The summed E-state index contributed by atoms with van der Waals surface area (Å²) in [4.78, 5) is 22.2. The molecule has 3 aromatic rings. The molecule has 0 aliphatic heterocycles. The summed E-state index contributed by atoms with van der Waals surface area (Å²) in [6, 6.07) is 13.3. The van der Waals surface area contributed by atoms with Crippen molar-refractivity contribution in [1.29, 1.82) is 0 Å². The number of fused-ring (bicyclic) bond motifs is 1. The maximum absolute atomic E-state index is 12.8. The van der Waals surface area contributed by atoms with Gasteiger partial charge in [-0.05, 0) is 63.2 Å². The van der Waals surface area contributed by atoms with Crippen LogP contribution in [-0.2, 0) is 9.36 Å². The molecule has 0 fully saturated rings. The van der Waals surface area contributed by atoms with Gasteiger partial charge in [-0.3, -0.25) is 4.79 Å². The van der Waals surface area contributed by atoms with E-state index in [0.29, 0.717) is 5.02 Å². The van der Waals surface area contributed by atoms with E-state index in [0.717, 1.165) is 26.8 Å². The van der Waals surface area contributed by atoms with Crippen molar-refractivity contribution >= 4 is 53.0 Å². The van der Waals surface area contributed by atoms with Gasteiger partial charge in [-0.1, -0.05) is 35.9 Å². The molecule has 3 rings (SSSR count). The van der Waals surface area contributed by atoms with Crippen LogP contribution in [0.15, 0.2) is 54.0 Å². The van der Waals surface area contributed by atoms with Gasteiger partial charge >= 0.3 is 8.03 Å². The van der Waals surface area contributed by atoms with Crippen molar-refractivity contribution in [2.45, 2.75) is 12.8 Å². The van der Waals surface area contributed by atoms with E-state index in [2.05, 4.69) is 5.32 Å². The highest BCUT2D eigenvalue weighted by Crippen LogP contribution is 2.36. The summed E-state index contributed by atoms with van der Waals surface area (Å²) in [5, 5.41) is 6.00. The van der Waals surface area contributed by atoms with Gasteiger partial charge in [0.2, 0.25) is 5.91 Å². The third-order valence-electron chi connectivity index (χ3n) is 4.27. The summed E-state index contributed by atoms with van der Waals surface area (Å²) in [6.07, 6.45) is 3.24. The quantitative estimate of drug-likeness (QED) is 0.522. The minimum Gasteiger partial charge on any atom is -0.332 e. The molecule has 0 aliphatic rings. The van der Waals surface area contributed by atoms with E-state index in [-0.39, 0.29) is 12.1 Å². The van der Waals surface area contributed by atoms with Gasteiger partial charge in [-0.15, -0.1) is 11.3 Å². The second kappa shape index (κ2) is 8.77. The van der Waals surface area contributed by atoms with Crippen LogP contribution in [0.3, 0.4) is 0 Å². The number of rotatable bonds is 6. The molecule has 7 heteroatoms. The van der Waals surface area contributed by atoms with Crippen molar-refractivity contribution in [2.75, 3.05) is 6.16 Å². The van der Waals surface area contributed by atoms with Crippen LogP contribution in [-0.4, -0.2) is 17.0 Å². The number of carbonyl (C=O) groups is 1. The van der Waals surface area contributed by atoms with E-state index in [1.54, 1.807) is 18.3 Å². The van der Waals surface area contributed by atoms with Gasteiger partial charge in [0, 0.05) is 15.9 Å². The number of hydrogen-bond donors (Lipinski definition) is 2. The molecule has 1 aromatic heterocycles. The van der Waals surface area contributed by atoms with Crippen molar-refractivity contribution in [3.05, 3.63) is 75.8 Å². The first kappa shape index (κ1) is 19.7. The normalized spacial score (nSPS) is 13.1. The smallest absolute Gasteiger partial charge is 0.332 e. The molecule has 2 unspecified atom stereocenters. The van der Waals surface area contributed by atoms with Crippen LogP contribution in [0.1, 0.15) is 22.6 Å². The number of carbonyl (C=O) groups excluding carboxylic acids is 1. The van der Waals surface area contributed by atoms with Crippen LogP contribution < -0.4 is 5.32 Å². The Kier molecular flexibility index (Phi) is 6.40. The molecule has 138 valence electrons. The number of thiophene rings is 1. The standard InChI is InChI=1S/C20H17ClNO3PS/c1-13-4-2-3-5-14(13)8-9-22-20(23)17(11-26(24)25)18-12-27-19-7-6-15(21)10-16(18)19/h2-10,12,17H,11H2,1H3,(H-,22,23,24,25)/p+1/b9-8+. The molecule has 0 radical (unpaired) electrons. The second-order valence-electron chi connectivity index (χ2n) is 6.12. The van der Waals surface area contributed by atoms with Crippen LogP contribution in [0.4, 0.5) is 0 Å². The first-order valence-corrected chi connectivity index (χ1v) is 10.9. The Morgan fingerprint density at radius 1 is 1.33 bits per heavy atom. The molecule has 27 heavy (non-hydrogen) atoms. The minimum atomic E-state index is -2.47. The Labute approximate surface area is 167 Å². The summed E-state index contributed by atoms with van der Waals surface area (Å²) in [6.45, 7) is 1.99. The van der Waals surface area contributed by atoms with Crippen LogP contribution >= 0.6 is 31.0 Å². The lowest BCUT2D eigenvalue weighted by molar-refractivity contribution is -0.121. The van der Waals surface area contributed by atoms with Crippen molar-refractivity contribution in [3.8, 4) is 0 Å². The number of amides is 1. The summed E-state index contributed by atoms with van der Waals surface area (Å²) >= 11 is 7.57. The highest BCUT2D eigenvalue weighted by molar-refractivity contribution is 7.38. The van der Waals surface area contributed by atoms with Crippen LogP contribution in [0.5, 0.6) is 0 Å². The lowest BCUT2D eigenvalue weighted by Gasteiger charge is -2.10. The summed E-state index contributed by atoms with van der Waals surface area (Å²) in [5.41, 5.74) is 2.81. The molecule has 2 atom stereocenters. The Bertz CT molecular complexity index is 1030. The molecule has 0 saturated carbocycles. The maximum Gasteiger partial charge on any atom is 0.506 e. The zero-order chi connectivity index (χ0) is 19.4. The van der Waals surface area contributed by atoms with Crippen molar-refractivity contribution in [1.82, 2.24) is 5.32 Å². The topological polar surface area (TPSA) is 66.4 Å². The van der Waals surface area contributed by atoms with E-state index in [1.165, 1.54) is 11.3 Å². The van der Waals surface area contributed by atoms with Crippen LogP contribution in [0.25, 0.3) is 16.2 Å². The average Bonchev–Trinajstić information content (AvgIpc) is 3.03. The highest BCUT2D eigenvalue weighted by Gasteiger charge is 2.31. The molecule has 0 bridgehead atoms. The van der Waals surface area contributed by atoms with Crippen LogP contribution in [0, 0.1) is 6.92 Å². The predicted octanol–water partition coefficient (Wildman–Crippen LogP) is 5.47. The van der Waals surface area contributed by atoms with Gasteiger partial charge in [-0.25, -0.2) is 0 Å². The third kappa shape index (κ3) is 4.82. The van der Waals surface area contributed by atoms with Gasteiger partial charge in [-0.2, -0.15) is 4.89 Å². The highest BCUT2D eigenvalue weighted by atomic mass is 35.5. The largest absolute Gasteiger partial charge is 0.506 e. The molecular formula is C20H18ClNO3PS+. The van der Waals surface area contributed by atoms with E-state index >= 15 is 0 Å². The number of aryl methyl sites for hydroxylation is 1. The number of halogens is 1. The molecule has 0 spiro atoms. The zero-order valence-corrected chi connectivity index (χ0v) is 17.0. The summed E-state index contributed by atoms with van der Waals surface area (Å²) in [5.74, 6) is -1.05. The predicted molar refractivity (Wildman–Crippen MR) is 113 cm³/mol. The van der Waals surface area contributed by atoms with E-state index in [4.69, 9.17) is 11.6 Å². The summed E-state index contributed by atoms with van der Waals surface area (Å²) in [7, 11) is -2.47. The third-order valence-corrected chi connectivity index (χ3v) is 6.17. The number of benzene rings is 2. The lowest BCUT2D eigenvalue weighted by atomic mass is 9.99. The fourth-order valence-electron chi connectivity index (χ4n) is 2.86. The first-order chi connectivity index (χ1) is 13.0. The summed E-state index contributed by atoms with van der Waals surface area (Å²) < 4.78 is 12.5. The van der Waals surface area contributed by atoms with Crippen molar-refractivity contribution in [3.63, 3.8) is 0 Å². The molecule has 2 aromatic carbocycles. The fourth-order valence-corrected chi connectivity index (χ4v) is 4.70. The average molecular weight is 419 g/mol. The molecule has 1 amide bonds. The molecule has 2 N–H and O–H groups in total. The van der Waals surface area contributed by atoms with Gasteiger partial charge in [0.15, 0.2) is 6.16 Å². The molecule has 0 aliphatic carbocycles. The SMILES string of the molecule is Cc1ccccc1/C=C/NC(=O)C(C[P+](=O)O)c1csc2ccc(Cl)cc12. The van der Waals surface area contributed by atoms with E-state index in [9.17, 15) is 14.3 Å². The molecule has 0 saturated heterocycles. The fraction of sp³-hybridized carbons (Fsp3) is 0.150. The van der Waals surface area contributed by atoms with Crippen molar-refractivity contribution in [2.24, 2.45) is 0 Å². The van der Waals surface area contributed by atoms with Gasteiger partial charge in [0.1, 0.15) is 5.92 Å². The van der Waals surface area contributed by atoms with Gasteiger partial charge in [0.05, 0.1) is 0 Å². The maximum atomic E-state index is 12.8. The Morgan fingerprint density at radius 3 is 2.85 bits per heavy atom. The Morgan fingerprint density at radius 2 is 2.11 bits per heavy atom. The van der Waals surface area contributed by atoms with Crippen LogP contribution in [0.2, 0.25) is 5.02 Å². The molecule has 4 nitrogen and oxygen atoms in total. The zero-order valence-electron chi connectivity index (χ0n) is 14.6. The van der Waals surface area contributed by atoms with Gasteiger partial charge < -0.3 is 5.32 Å². The first-order valence-electron chi connectivity index (χ1n) is 8.28. The van der Waals surface area contributed by atoms with Gasteiger partial charge in [0.25, 0.3) is 0 Å². The minimum absolute atomic E-state index is 0.141. The van der Waals surface area contributed by atoms with E-state index < -0.39 is 13.9 Å².